The van der Waals surface area contributed by atoms with Crippen molar-refractivity contribution < 1.29 is 23.5 Å². The molecule has 1 aromatic heterocycles. The molecular weight excluding hydrogens is 612 g/mol. The van der Waals surface area contributed by atoms with Gasteiger partial charge in [0.15, 0.2) is 0 Å². The molecule has 2 aliphatic heterocycles. The van der Waals surface area contributed by atoms with Gasteiger partial charge in [-0.1, -0.05) is 23.2 Å². The van der Waals surface area contributed by atoms with E-state index in [0.29, 0.717) is 41.4 Å². The Morgan fingerprint density at radius 2 is 1.86 bits per heavy atom. The van der Waals surface area contributed by atoms with Crippen LogP contribution in [0.2, 0.25) is 10.0 Å². The molecule has 2 aromatic carbocycles. The number of H-pyrrole nitrogens is 1. The molecular formula is C31H34Cl2FN5O5. The summed E-state index contributed by atoms with van der Waals surface area (Å²) in [5, 5.41) is 7.05. The Balaban J connectivity index is 1.27. The van der Waals surface area contributed by atoms with Crippen LogP contribution in [-0.4, -0.2) is 70.5 Å². The topological polar surface area (TPSA) is 124 Å². The van der Waals surface area contributed by atoms with Gasteiger partial charge in [0, 0.05) is 29.7 Å². The van der Waals surface area contributed by atoms with Crippen molar-refractivity contribution in [2.75, 3.05) is 31.5 Å². The Labute approximate surface area is 263 Å². The van der Waals surface area contributed by atoms with Gasteiger partial charge in [-0.3, -0.25) is 14.4 Å². The maximum atomic E-state index is 15.0. The van der Waals surface area contributed by atoms with Gasteiger partial charge in [0.1, 0.15) is 17.1 Å². The summed E-state index contributed by atoms with van der Waals surface area (Å²) in [4.78, 5) is 57.1. The van der Waals surface area contributed by atoms with Crippen molar-refractivity contribution in [3.8, 4) is 0 Å². The molecule has 44 heavy (non-hydrogen) atoms. The number of aromatic nitrogens is 1. The van der Waals surface area contributed by atoms with Crippen LogP contribution in [0.25, 0.3) is 10.8 Å². The number of hydrogen-bond acceptors (Lipinski definition) is 6. The average molecular weight is 647 g/mol. The van der Waals surface area contributed by atoms with Crippen LogP contribution in [0.4, 0.5) is 14.9 Å². The molecule has 0 bridgehead atoms. The lowest BCUT2D eigenvalue weighted by atomic mass is 9.93. The third-order valence-electron chi connectivity index (χ3n) is 7.80. The predicted octanol–water partition coefficient (Wildman–Crippen LogP) is 5.27. The lowest BCUT2D eigenvalue weighted by Gasteiger charge is -2.36. The number of nitrogens with one attached hydrogen (secondary N) is 3. The summed E-state index contributed by atoms with van der Waals surface area (Å²) in [6, 6.07) is 6.89. The van der Waals surface area contributed by atoms with Gasteiger partial charge in [0.2, 0.25) is 5.91 Å². The first-order valence-corrected chi connectivity index (χ1v) is 15.1. The van der Waals surface area contributed by atoms with Gasteiger partial charge >= 0.3 is 6.09 Å². The lowest BCUT2D eigenvalue weighted by molar-refractivity contribution is -0.131. The smallest absolute Gasteiger partial charge is 0.407 e. The Morgan fingerprint density at radius 3 is 2.59 bits per heavy atom. The van der Waals surface area contributed by atoms with E-state index < -0.39 is 29.0 Å². The van der Waals surface area contributed by atoms with E-state index in [0.717, 1.165) is 17.2 Å². The summed E-state index contributed by atoms with van der Waals surface area (Å²) in [5.41, 5.74) is 0.623. The molecule has 3 heterocycles. The number of fused-ring (bicyclic) bond motifs is 2. The summed E-state index contributed by atoms with van der Waals surface area (Å²) in [7, 11) is 0. The first-order valence-electron chi connectivity index (χ1n) is 14.4. The Kier molecular flexibility index (Phi) is 8.82. The normalized spacial score (nSPS) is 18.2. The van der Waals surface area contributed by atoms with E-state index in [2.05, 4.69) is 15.6 Å². The lowest BCUT2D eigenvalue weighted by Crippen LogP contribution is -2.42. The number of nitrogens with zero attached hydrogens (tertiary/aromatic N) is 2. The van der Waals surface area contributed by atoms with Crippen LogP contribution in [0.1, 0.15) is 61.8 Å². The number of likely N-dealkylation sites (tertiary alicyclic amines) is 1. The molecule has 0 spiro atoms. The average Bonchev–Trinajstić information content (AvgIpc) is 3.38. The standard InChI is InChI=1S/C31H34Cl2FN5O5/c1-16-27-17(9-19(32)12-22(27)33)5-8-39(16)26(40)14-35-24-10-18-11-25(37-28(41)21(18)13-23(24)34)29(42)38-7-6-20(15-38)36-30(43)44-31(2,3)4/h9-13,16,20,35H,5-8,14-15H2,1-4H3,(H,36,43)(H,37,41)/t16?,20-/m0/s1. The molecule has 10 nitrogen and oxygen atoms in total. The summed E-state index contributed by atoms with van der Waals surface area (Å²) in [6.07, 6.45) is 0.548. The number of pyridine rings is 1. The van der Waals surface area contributed by atoms with E-state index in [1.807, 2.05) is 13.0 Å². The number of aromatic amines is 1. The zero-order valence-electron chi connectivity index (χ0n) is 24.9. The first kappa shape index (κ1) is 31.6. The number of alkyl carbamates (subject to hydrolysis) is 1. The van der Waals surface area contributed by atoms with Crippen molar-refractivity contribution in [1.29, 1.82) is 0 Å². The van der Waals surface area contributed by atoms with Crippen LogP contribution in [0, 0.1) is 5.82 Å². The minimum atomic E-state index is -0.708. The van der Waals surface area contributed by atoms with Crippen LogP contribution in [0.3, 0.4) is 0 Å². The van der Waals surface area contributed by atoms with Crippen molar-refractivity contribution in [3.05, 3.63) is 73.4 Å². The molecule has 2 aliphatic rings. The van der Waals surface area contributed by atoms with Crippen LogP contribution in [-0.2, 0) is 16.0 Å². The van der Waals surface area contributed by atoms with Gasteiger partial charge in [-0.05, 0) is 87.4 Å². The third kappa shape index (κ3) is 6.78. The predicted molar refractivity (Wildman–Crippen MR) is 167 cm³/mol. The maximum absolute atomic E-state index is 15.0. The Hall–Kier alpha value is -3.83. The van der Waals surface area contributed by atoms with Gasteiger partial charge < -0.3 is 30.2 Å². The highest BCUT2D eigenvalue weighted by atomic mass is 35.5. The molecule has 3 aromatic rings. The molecule has 5 rings (SSSR count). The van der Waals surface area contributed by atoms with E-state index in [4.69, 9.17) is 27.9 Å². The fraction of sp³-hybridized carbons (Fsp3) is 0.419. The van der Waals surface area contributed by atoms with Gasteiger partial charge in [0.05, 0.1) is 29.7 Å². The molecule has 0 aliphatic carbocycles. The van der Waals surface area contributed by atoms with Crippen molar-refractivity contribution >= 4 is 57.6 Å². The van der Waals surface area contributed by atoms with Crippen LogP contribution in [0.5, 0.6) is 0 Å². The van der Waals surface area contributed by atoms with Crippen LogP contribution in [0.15, 0.2) is 35.1 Å². The van der Waals surface area contributed by atoms with E-state index in [-0.39, 0.29) is 47.8 Å². The van der Waals surface area contributed by atoms with Gasteiger partial charge in [0.25, 0.3) is 11.5 Å². The second kappa shape index (κ2) is 12.3. The molecule has 0 saturated carbocycles. The zero-order chi connectivity index (χ0) is 31.9. The second-order valence-electron chi connectivity index (χ2n) is 12.1. The van der Waals surface area contributed by atoms with E-state index in [9.17, 15) is 19.2 Å². The van der Waals surface area contributed by atoms with E-state index in [1.165, 1.54) is 17.0 Å². The highest BCUT2D eigenvalue weighted by Crippen LogP contribution is 2.37. The van der Waals surface area contributed by atoms with Crippen LogP contribution >= 0.6 is 23.2 Å². The first-order chi connectivity index (χ1) is 20.7. The quantitative estimate of drug-likeness (QED) is 0.347. The molecule has 234 valence electrons. The molecule has 0 radical (unpaired) electrons. The SMILES string of the molecule is CC1c2c(Cl)cc(Cl)cc2CCN1C(=O)CNc1cc2cc(C(=O)N3CC[C@H](NC(=O)OC(C)(C)C)C3)[nH]c(=O)c2cc1F. The largest absolute Gasteiger partial charge is 0.444 e. The fourth-order valence-corrected chi connectivity index (χ4v) is 6.45. The molecule has 3 N–H and O–H groups in total. The minimum Gasteiger partial charge on any atom is -0.444 e. The van der Waals surface area contributed by atoms with Crippen molar-refractivity contribution in [2.45, 2.75) is 58.2 Å². The number of benzene rings is 2. The molecule has 1 unspecified atom stereocenters. The number of carbonyl (C=O) groups is 3. The maximum Gasteiger partial charge on any atom is 0.407 e. The Bertz CT molecular complexity index is 1710. The molecule has 2 atom stereocenters. The van der Waals surface area contributed by atoms with Gasteiger partial charge in [-0.2, -0.15) is 0 Å². The summed E-state index contributed by atoms with van der Waals surface area (Å²) >= 11 is 12.6. The highest BCUT2D eigenvalue weighted by molar-refractivity contribution is 6.35. The zero-order valence-corrected chi connectivity index (χ0v) is 26.4. The van der Waals surface area contributed by atoms with Crippen LogP contribution < -0.4 is 16.2 Å². The monoisotopic (exact) mass is 645 g/mol. The van der Waals surface area contributed by atoms with Gasteiger partial charge in [-0.25, -0.2) is 9.18 Å². The van der Waals surface area contributed by atoms with E-state index >= 15 is 4.39 Å². The number of ether oxygens (including phenoxy) is 1. The number of amides is 3. The number of anilines is 1. The summed E-state index contributed by atoms with van der Waals surface area (Å²) < 4.78 is 20.3. The highest BCUT2D eigenvalue weighted by Gasteiger charge is 2.31. The number of halogens is 3. The number of hydrogen-bond donors (Lipinski definition) is 3. The molecule has 3 amide bonds. The van der Waals surface area contributed by atoms with E-state index in [1.54, 1.807) is 31.7 Å². The summed E-state index contributed by atoms with van der Waals surface area (Å²) in [6.45, 7) is 8.05. The van der Waals surface area contributed by atoms with Crippen molar-refractivity contribution in [2.24, 2.45) is 0 Å². The molecule has 13 heteroatoms. The molecule has 1 fully saturated rings. The minimum absolute atomic E-state index is 0.0209. The number of rotatable bonds is 5. The number of carbonyl (C=O) groups excluding carboxylic acids is 3. The summed E-state index contributed by atoms with van der Waals surface area (Å²) in [5.74, 6) is -1.38. The fourth-order valence-electron chi connectivity index (χ4n) is 5.76. The van der Waals surface area contributed by atoms with Crippen molar-refractivity contribution in [3.63, 3.8) is 0 Å². The Morgan fingerprint density at radius 1 is 1.11 bits per heavy atom. The third-order valence-corrected chi connectivity index (χ3v) is 8.33. The van der Waals surface area contributed by atoms with Crippen molar-refractivity contribution in [1.82, 2.24) is 20.1 Å². The van der Waals surface area contributed by atoms with Gasteiger partial charge in [-0.15, -0.1) is 0 Å². The molecule has 1 saturated heterocycles. The second-order valence-corrected chi connectivity index (χ2v) is 13.0.